The second-order valence-electron chi connectivity index (χ2n) is 8.17. The second-order valence-corrected chi connectivity index (χ2v) is 8.17. The fourth-order valence-electron chi connectivity index (χ4n) is 5.13. The summed E-state index contributed by atoms with van der Waals surface area (Å²) in [7, 11) is 0. The lowest BCUT2D eigenvalue weighted by atomic mass is 9.76. The normalized spacial score (nSPS) is 24.7. The minimum Gasteiger partial charge on any atom is -0.336 e. The van der Waals surface area contributed by atoms with Gasteiger partial charge < -0.3 is 9.47 Å². The van der Waals surface area contributed by atoms with E-state index in [1.165, 1.54) is 38.5 Å². The molecule has 3 heterocycles. The summed E-state index contributed by atoms with van der Waals surface area (Å²) in [6.45, 7) is 4.32. The molecule has 1 saturated heterocycles. The molecule has 0 aromatic carbocycles. The lowest BCUT2D eigenvalue weighted by molar-refractivity contribution is 0.0761. The molecule has 1 spiro atoms. The summed E-state index contributed by atoms with van der Waals surface area (Å²) in [6.07, 6.45) is 10.9. The molecule has 1 amide bonds. The van der Waals surface area contributed by atoms with Gasteiger partial charge in [-0.25, -0.2) is 0 Å². The number of hydrogen-bond acceptors (Lipinski definition) is 4. The van der Waals surface area contributed by atoms with Gasteiger partial charge in [-0.1, -0.05) is 12.8 Å². The Hall–Kier alpha value is -2.18. The molecular weight excluding hydrogens is 328 g/mol. The summed E-state index contributed by atoms with van der Waals surface area (Å²) in [6, 6.07) is 2.41. The first-order chi connectivity index (χ1) is 12.7. The van der Waals surface area contributed by atoms with Crippen LogP contribution in [0.25, 0.3) is 0 Å². The number of nitrogens with zero attached hydrogens (tertiary/aromatic N) is 6. The Labute approximate surface area is 153 Å². The Morgan fingerprint density at radius 1 is 1.31 bits per heavy atom. The number of aryl methyl sites for hydroxylation is 1. The summed E-state index contributed by atoms with van der Waals surface area (Å²) >= 11 is 0. The maximum atomic E-state index is 13.2. The molecule has 3 fully saturated rings. The number of rotatable bonds is 4. The first-order valence-electron chi connectivity index (χ1n) is 9.92. The number of likely N-dealkylation sites (tertiary alicyclic amines) is 1. The van der Waals surface area contributed by atoms with E-state index in [4.69, 9.17) is 0 Å². The molecule has 138 valence electrons. The van der Waals surface area contributed by atoms with Crippen molar-refractivity contribution in [2.24, 2.45) is 5.41 Å². The van der Waals surface area contributed by atoms with E-state index >= 15 is 0 Å². The smallest absolute Gasteiger partial charge is 0.272 e. The van der Waals surface area contributed by atoms with E-state index in [1.807, 2.05) is 24.2 Å². The first-order valence-corrected chi connectivity index (χ1v) is 9.92. The number of aromatic nitrogens is 5. The molecule has 1 atom stereocenters. The van der Waals surface area contributed by atoms with Crippen molar-refractivity contribution < 1.29 is 4.79 Å². The lowest BCUT2D eigenvalue weighted by Gasteiger charge is -2.29. The van der Waals surface area contributed by atoms with E-state index in [9.17, 15) is 4.79 Å². The Balaban J connectivity index is 1.47. The largest absolute Gasteiger partial charge is 0.336 e. The van der Waals surface area contributed by atoms with Crippen LogP contribution < -0.4 is 0 Å². The van der Waals surface area contributed by atoms with Gasteiger partial charge >= 0.3 is 0 Å². The third kappa shape index (κ3) is 2.40. The van der Waals surface area contributed by atoms with Crippen LogP contribution in [0.4, 0.5) is 0 Å². The Bertz CT molecular complexity index is 814. The summed E-state index contributed by atoms with van der Waals surface area (Å²) in [4.78, 5) is 15.2. The van der Waals surface area contributed by atoms with Gasteiger partial charge in [-0.2, -0.15) is 5.10 Å². The maximum absolute atomic E-state index is 13.2. The van der Waals surface area contributed by atoms with Gasteiger partial charge in [0.2, 0.25) is 0 Å². The molecule has 7 heteroatoms. The van der Waals surface area contributed by atoms with Crippen LogP contribution in [0.1, 0.15) is 73.7 Å². The summed E-state index contributed by atoms with van der Waals surface area (Å²) in [5.74, 6) is 1.51. The molecule has 2 saturated carbocycles. The molecule has 0 bridgehead atoms. The Morgan fingerprint density at radius 3 is 2.85 bits per heavy atom. The first kappa shape index (κ1) is 16.0. The summed E-state index contributed by atoms with van der Waals surface area (Å²) in [5, 5.41) is 13.0. The van der Waals surface area contributed by atoms with Crippen LogP contribution in [-0.2, 0) is 6.54 Å². The number of amides is 1. The second kappa shape index (κ2) is 5.93. The van der Waals surface area contributed by atoms with Gasteiger partial charge in [-0.15, -0.1) is 10.2 Å². The van der Waals surface area contributed by atoms with Gasteiger partial charge in [0.1, 0.15) is 17.8 Å². The molecule has 2 aliphatic carbocycles. The van der Waals surface area contributed by atoms with Crippen molar-refractivity contribution in [2.45, 2.75) is 64.0 Å². The minimum absolute atomic E-state index is 0.107. The predicted octanol–water partition coefficient (Wildman–Crippen LogP) is 2.63. The van der Waals surface area contributed by atoms with Crippen molar-refractivity contribution in [3.63, 3.8) is 0 Å². The summed E-state index contributed by atoms with van der Waals surface area (Å²) in [5.41, 5.74) is 0.872. The minimum atomic E-state index is 0.107. The van der Waals surface area contributed by atoms with Crippen LogP contribution in [0.15, 0.2) is 18.6 Å². The zero-order chi connectivity index (χ0) is 17.7. The Morgan fingerprint density at radius 2 is 2.12 bits per heavy atom. The fourth-order valence-corrected chi connectivity index (χ4v) is 5.13. The van der Waals surface area contributed by atoms with Gasteiger partial charge in [0, 0.05) is 37.8 Å². The highest BCUT2D eigenvalue weighted by molar-refractivity contribution is 5.92. The fraction of sp³-hybridized carbons (Fsp3) is 0.684. The topological polar surface area (TPSA) is 68.8 Å². The standard InChI is InChI=1S/C19H26N6O/c1-2-25-16(7-10-21-25)18(26)23-11-15(19(12-23)8-3-4-9-19)17-22-20-13-24(17)14-5-6-14/h7,10,13-15H,2-6,8-9,11-12H2,1H3. The maximum Gasteiger partial charge on any atom is 0.272 e. The summed E-state index contributed by atoms with van der Waals surface area (Å²) < 4.78 is 4.08. The SMILES string of the molecule is CCn1nccc1C(=O)N1CC(c2nncn2C2CC2)C2(CCCC2)C1. The molecular formula is C19H26N6O. The van der Waals surface area contributed by atoms with Crippen LogP contribution in [-0.4, -0.2) is 48.4 Å². The van der Waals surface area contributed by atoms with E-state index < -0.39 is 0 Å². The molecule has 1 aliphatic heterocycles. The molecule has 2 aromatic rings. The van der Waals surface area contributed by atoms with Crippen LogP contribution in [0, 0.1) is 5.41 Å². The van der Waals surface area contributed by atoms with Crippen molar-refractivity contribution >= 4 is 5.91 Å². The molecule has 1 unspecified atom stereocenters. The van der Waals surface area contributed by atoms with Crippen molar-refractivity contribution in [3.8, 4) is 0 Å². The predicted molar refractivity (Wildman–Crippen MR) is 95.7 cm³/mol. The molecule has 0 N–H and O–H groups in total. The van der Waals surface area contributed by atoms with Gasteiger partial charge in [0.15, 0.2) is 0 Å². The van der Waals surface area contributed by atoms with Crippen LogP contribution >= 0.6 is 0 Å². The molecule has 2 aromatic heterocycles. The Kier molecular flexibility index (Phi) is 3.65. The molecule has 3 aliphatic rings. The third-order valence-electron chi connectivity index (χ3n) is 6.62. The van der Waals surface area contributed by atoms with Crippen molar-refractivity contribution in [3.05, 3.63) is 30.1 Å². The van der Waals surface area contributed by atoms with Crippen LogP contribution in [0.2, 0.25) is 0 Å². The van der Waals surface area contributed by atoms with Crippen LogP contribution in [0.3, 0.4) is 0 Å². The quantitative estimate of drug-likeness (QED) is 0.846. The lowest BCUT2D eigenvalue weighted by Crippen LogP contribution is -2.32. The third-order valence-corrected chi connectivity index (χ3v) is 6.62. The molecule has 26 heavy (non-hydrogen) atoms. The van der Waals surface area contributed by atoms with Crippen LogP contribution in [0.5, 0.6) is 0 Å². The van der Waals surface area contributed by atoms with E-state index in [1.54, 1.807) is 10.9 Å². The van der Waals surface area contributed by atoms with Gasteiger partial charge in [-0.3, -0.25) is 9.48 Å². The average Bonchev–Trinajstić information content (AvgIpc) is 3.12. The van der Waals surface area contributed by atoms with E-state index in [0.717, 1.165) is 18.9 Å². The van der Waals surface area contributed by atoms with Gasteiger partial charge in [-0.05, 0) is 44.1 Å². The zero-order valence-electron chi connectivity index (χ0n) is 15.3. The molecule has 0 radical (unpaired) electrons. The number of carbonyl (C=O) groups is 1. The van der Waals surface area contributed by atoms with E-state index in [0.29, 0.717) is 24.2 Å². The van der Waals surface area contributed by atoms with E-state index in [-0.39, 0.29) is 11.3 Å². The molecule has 5 rings (SSSR count). The van der Waals surface area contributed by atoms with E-state index in [2.05, 4.69) is 19.9 Å². The highest BCUT2D eigenvalue weighted by atomic mass is 16.2. The molecule has 7 nitrogen and oxygen atoms in total. The highest BCUT2D eigenvalue weighted by Gasteiger charge is 2.52. The highest BCUT2D eigenvalue weighted by Crippen LogP contribution is 2.54. The van der Waals surface area contributed by atoms with Crippen molar-refractivity contribution in [1.82, 2.24) is 29.4 Å². The zero-order valence-corrected chi connectivity index (χ0v) is 15.3. The van der Waals surface area contributed by atoms with Gasteiger partial charge in [0.05, 0.1) is 0 Å². The number of hydrogen-bond donors (Lipinski definition) is 0. The van der Waals surface area contributed by atoms with Crippen molar-refractivity contribution in [1.29, 1.82) is 0 Å². The monoisotopic (exact) mass is 354 g/mol. The number of carbonyl (C=O) groups excluding carboxylic acids is 1. The van der Waals surface area contributed by atoms with Crippen molar-refractivity contribution in [2.75, 3.05) is 13.1 Å². The average molecular weight is 354 g/mol. The van der Waals surface area contributed by atoms with Gasteiger partial charge in [0.25, 0.3) is 5.91 Å².